The molecule has 2 aromatic rings. The van der Waals surface area contributed by atoms with Crippen LogP contribution >= 0.6 is 0 Å². The number of methoxy groups -OCH3 is 2. The van der Waals surface area contributed by atoms with Crippen LogP contribution in [0, 0.1) is 0 Å². The van der Waals surface area contributed by atoms with Gasteiger partial charge in [0.05, 0.1) is 19.8 Å². The minimum atomic E-state index is -0.289. The van der Waals surface area contributed by atoms with Crippen molar-refractivity contribution in [2.24, 2.45) is 0 Å². The maximum Gasteiger partial charge on any atom is 0.337 e. The molecule has 0 aromatic heterocycles. The zero-order valence-corrected chi connectivity index (χ0v) is 13.0. The minimum Gasteiger partial charge on any atom is -0.497 e. The van der Waals surface area contributed by atoms with Crippen molar-refractivity contribution in [3.8, 4) is 5.75 Å². The van der Waals surface area contributed by atoms with Crippen LogP contribution in [-0.2, 0) is 17.6 Å². The summed E-state index contributed by atoms with van der Waals surface area (Å²) in [6.07, 6.45) is 3.28. The minimum absolute atomic E-state index is 0.289. The molecule has 0 fully saturated rings. The Bertz CT molecular complexity index is 674. The number of benzene rings is 2. The molecule has 3 rings (SSSR count). The summed E-state index contributed by atoms with van der Waals surface area (Å²) in [4.78, 5) is 11.5. The average Bonchev–Trinajstić information content (AvgIpc) is 2.97. The summed E-state index contributed by atoms with van der Waals surface area (Å²) in [5.74, 6) is 1.16. The highest BCUT2D eigenvalue weighted by Crippen LogP contribution is 2.37. The Kier molecular flexibility index (Phi) is 4.14. The number of rotatable bonds is 4. The number of hydrogen-bond acceptors (Lipinski definition) is 3. The van der Waals surface area contributed by atoms with Crippen LogP contribution in [0.1, 0.15) is 39.4 Å². The van der Waals surface area contributed by atoms with Gasteiger partial charge in [0.25, 0.3) is 0 Å². The molecule has 0 radical (unpaired) electrons. The molecular weight excluding hydrogens is 276 g/mol. The van der Waals surface area contributed by atoms with E-state index in [1.165, 1.54) is 30.2 Å². The Labute approximate surface area is 130 Å². The first-order valence-electron chi connectivity index (χ1n) is 7.55. The van der Waals surface area contributed by atoms with Crippen LogP contribution in [0.3, 0.4) is 0 Å². The Balaban J connectivity index is 1.77. The highest BCUT2D eigenvalue weighted by molar-refractivity contribution is 5.89. The summed E-state index contributed by atoms with van der Waals surface area (Å²) < 4.78 is 10.1. The fourth-order valence-electron chi connectivity index (χ4n) is 3.18. The van der Waals surface area contributed by atoms with E-state index in [9.17, 15) is 4.79 Å². The van der Waals surface area contributed by atoms with Crippen molar-refractivity contribution in [3.63, 3.8) is 0 Å². The highest BCUT2D eigenvalue weighted by Gasteiger charge is 2.23. The number of carbonyl (C=O) groups is 1. The third-order valence-corrected chi connectivity index (χ3v) is 4.41. The van der Waals surface area contributed by atoms with E-state index in [1.807, 2.05) is 30.3 Å². The first-order chi connectivity index (χ1) is 10.7. The fraction of sp³-hybridized carbons (Fsp3) is 0.316. The van der Waals surface area contributed by atoms with E-state index < -0.39 is 0 Å². The number of hydrogen-bond donors (Lipinski definition) is 0. The topological polar surface area (TPSA) is 35.5 Å². The summed E-state index contributed by atoms with van der Waals surface area (Å²) in [6, 6.07) is 14.1. The second kappa shape index (κ2) is 6.22. The summed E-state index contributed by atoms with van der Waals surface area (Å²) in [5, 5.41) is 0. The number of esters is 1. The van der Waals surface area contributed by atoms with Crippen LogP contribution in [0.5, 0.6) is 5.75 Å². The van der Waals surface area contributed by atoms with Gasteiger partial charge in [-0.25, -0.2) is 4.79 Å². The van der Waals surface area contributed by atoms with Crippen LogP contribution in [-0.4, -0.2) is 20.2 Å². The molecule has 2 aromatic carbocycles. The Morgan fingerprint density at radius 1 is 1.14 bits per heavy atom. The van der Waals surface area contributed by atoms with Crippen molar-refractivity contribution in [1.29, 1.82) is 0 Å². The molecule has 0 amide bonds. The number of carbonyl (C=O) groups excluding carboxylic acids is 1. The SMILES string of the molecule is COC(=O)c1ccc(CC2CCc3ccc(OC)cc32)cc1. The van der Waals surface area contributed by atoms with Crippen LogP contribution in [0.25, 0.3) is 0 Å². The standard InChI is InChI=1S/C19H20O3/c1-21-17-10-9-14-7-8-16(18(14)12-17)11-13-3-5-15(6-4-13)19(20)22-2/h3-6,9-10,12,16H,7-8,11H2,1-2H3. The van der Waals surface area contributed by atoms with E-state index in [-0.39, 0.29) is 5.97 Å². The molecule has 1 aliphatic carbocycles. The largest absolute Gasteiger partial charge is 0.497 e. The van der Waals surface area contributed by atoms with E-state index >= 15 is 0 Å². The van der Waals surface area contributed by atoms with Gasteiger partial charge in [-0.3, -0.25) is 0 Å². The lowest BCUT2D eigenvalue weighted by atomic mass is 9.93. The van der Waals surface area contributed by atoms with Gasteiger partial charge in [-0.05, 0) is 66.1 Å². The first kappa shape index (κ1) is 14.6. The van der Waals surface area contributed by atoms with Crippen molar-refractivity contribution < 1.29 is 14.3 Å². The van der Waals surface area contributed by atoms with E-state index in [4.69, 9.17) is 9.47 Å². The number of aryl methyl sites for hydroxylation is 1. The lowest BCUT2D eigenvalue weighted by Gasteiger charge is -2.13. The summed E-state index contributed by atoms with van der Waals surface area (Å²) >= 11 is 0. The molecule has 0 saturated carbocycles. The van der Waals surface area contributed by atoms with Crippen molar-refractivity contribution >= 4 is 5.97 Å². The Hall–Kier alpha value is -2.29. The van der Waals surface area contributed by atoms with Crippen molar-refractivity contribution in [2.75, 3.05) is 14.2 Å². The molecule has 3 nitrogen and oxygen atoms in total. The second-order valence-electron chi connectivity index (χ2n) is 5.69. The second-order valence-corrected chi connectivity index (χ2v) is 5.69. The first-order valence-corrected chi connectivity index (χ1v) is 7.55. The van der Waals surface area contributed by atoms with Gasteiger partial charge < -0.3 is 9.47 Å². The molecular formula is C19H20O3. The van der Waals surface area contributed by atoms with Gasteiger partial charge in [-0.15, -0.1) is 0 Å². The van der Waals surface area contributed by atoms with Gasteiger partial charge in [-0.1, -0.05) is 18.2 Å². The van der Waals surface area contributed by atoms with Crippen molar-refractivity contribution in [3.05, 3.63) is 64.7 Å². The van der Waals surface area contributed by atoms with Crippen molar-refractivity contribution in [2.45, 2.75) is 25.2 Å². The molecule has 1 atom stereocenters. The number of ether oxygens (including phenoxy) is 2. The Morgan fingerprint density at radius 2 is 1.91 bits per heavy atom. The van der Waals surface area contributed by atoms with E-state index in [1.54, 1.807) is 7.11 Å². The van der Waals surface area contributed by atoms with Gasteiger partial charge in [-0.2, -0.15) is 0 Å². The lowest BCUT2D eigenvalue weighted by molar-refractivity contribution is 0.0600. The van der Waals surface area contributed by atoms with E-state index in [0.29, 0.717) is 11.5 Å². The van der Waals surface area contributed by atoms with Gasteiger partial charge in [0.15, 0.2) is 0 Å². The molecule has 22 heavy (non-hydrogen) atoms. The maximum atomic E-state index is 11.5. The predicted molar refractivity (Wildman–Crippen MR) is 85.5 cm³/mol. The van der Waals surface area contributed by atoms with E-state index in [2.05, 4.69) is 12.1 Å². The molecule has 0 heterocycles. The third-order valence-electron chi connectivity index (χ3n) is 4.41. The van der Waals surface area contributed by atoms with Gasteiger partial charge >= 0.3 is 5.97 Å². The quantitative estimate of drug-likeness (QED) is 0.806. The van der Waals surface area contributed by atoms with Crippen LogP contribution < -0.4 is 4.74 Å². The van der Waals surface area contributed by atoms with Gasteiger partial charge in [0.1, 0.15) is 5.75 Å². The fourth-order valence-corrected chi connectivity index (χ4v) is 3.18. The van der Waals surface area contributed by atoms with Gasteiger partial charge in [0.2, 0.25) is 0 Å². The monoisotopic (exact) mass is 296 g/mol. The number of fused-ring (bicyclic) bond motifs is 1. The molecule has 0 spiro atoms. The Morgan fingerprint density at radius 3 is 2.59 bits per heavy atom. The molecule has 3 heteroatoms. The molecule has 0 saturated heterocycles. The molecule has 0 aliphatic heterocycles. The van der Waals surface area contributed by atoms with Crippen LogP contribution in [0.4, 0.5) is 0 Å². The zero-order valence-electron chi connectivity index (χ0n) is 13.0. The predicted octanol–water partition coefficient (Wildman–Crippen LogP) is 3.75. The van der Waals surface area contributed by atoms with E-state index in [0.717, 1.165) is 18.6 Å². The molecule has 114 valence electrons. The normalized spacial score (nSPS) is 16.2. The zero-order chi connectivity index (χ0) is 15.5. The van der Waals surface area contributed by atoms with Crippen molar-refractivity contribution in [1.82, 2.24) is 0 Å². The molecule has 1 aliphatic rings. The van der Waals surface area contributed by atoms with Crippen LogP contribution in [0.2, 0.25) is 0 Å². The van der Waals surface area contributed by atoms with Gasteiger partial charge in [0, 0.05) is 0 Å². The third kappa shape index (κ3) is 2.84. The maximum absolute atomic E-state index is 11.5. The smallest absolute Gasteiger partial charge is 0.337 e. The molecule has 0 N–H and O–H groups in total. The van der Waals surface area contributed by atoms with Crippen LogP contribution in [0.15, 0.2) is 42.5 Å². The summed E-state index contributed by atoms with van der Waals surface area (Å²) in [7, 11) is 3.11. The summed E-state index contributed by atoms with van der Waals surface area (Å²) in [6.45, 7) is 0. The molecule has 1 unspecified atom stereocenters. The molecule has 0 bridgehead atoms. The highest BCUT2D eigenvalue weighted by atomic mass is 16.5. The average molecular weight is 296 g/mol. The summed E-state index contributed by atoms with van der Waals surface area (Å²) in [5.41, 5.74) is 4.67. The lowest BCUT2D eigenvalue weighted by Crippen LogP contribution is -2.02.